The van der Waals surface area contributed by atoms with Crippen molar-refractivity contribution >= 4 is 44.4 Å². The molecule has 0 aliphatic heterocycles. The average molecular weight is 647 g/mol. The average Bonchev–Trinajstić information content (AvgIpc) is 3.68. The van der Waals surface area contributed by atoms with E-state index < -0.39 is 18.3 Å². The van der Waals surface area contributed by atoms with Crippen LogP contribution in [0, 0.1) is 0 Å². The second-order valence-electron chi connectivity index (χ2n) is 13.3. The number of rotatable bonds is 4. The van der Waals surface area contributed by atoms with Gasteiger partial charge in [0, 0.05) is 0 Å². The first-order valence-corrected chi connectivity index (χ1v) is 21.5. The fourth-order valence-corrected chi connectivity index (χ4v) is 24.4. The van der Waals surface area contributed by atoms with Gasteiger partial charge in [0.05, 0.1) is 0 Å². The Morgan fingerprint density at radius 1 is 0.850 bits per heavy atom. The van der Waals surface area contributed by atoms with Crippen LogP contribution in [0.1, 0.15) is 74.4 Å². The van der Waals surface area contributed by atoms with Crippen LogP contribution in [0.25, 0.3) is 23.3 Å². The SMILES string of the molecule is Cl.Cl.[CH2]=[Zr]([CH2]C)([C]1=CC=CC1)([C]1=Cc2cc3c(cc2C1(C)C)Cc1cc2c(cc1-3)C=CC2(C)C)[c]1ccccc1. The van der Waals surface area contributed by atoms with Crippen LogP contribution in [-0.2, 0) is 35.5 Å². The number of benzene rings is 3. The van der Waals surface area contributed by atoms with E-state index in [9.17, 15) is 0 Å². The summed E-state index contributed by atoms with van der Waals surface area (Å²) in [5.41, 5.74) is 11.7. The fourth-order valence-electron chi connectivity index (χ4n) is 8.35. The maximum atomic E-state index is 5.43. The summed E-state index contributed by atoms with van der Waals surface area (Å²) in [6.07, 6.45) is 16.4. The Morgan fingerprint density at radius 2 is 1.50 bits per heavy atom. The zero-order valence-corrected chi connectivity index (χ0v) is 28.4. The summed E-state index contributed by atoms with van der Waals surface area (Å²) in [5.74, 6) is 0. The van der Waals surface area contributed by atoms with Gasteiger partial charge in [0.25, 0.3) is 0 Å². The summed E-state index contributed by atoms with van der Waals surface area (Å²) in [5, 5.41) is 0. The Hall–Kier alpha value is -2.05. The van der Waals surface area contributed by atoms with Crippen LogP contribution < -0.4 is 3.27 Å². The van der Waals surface area contributed by atoms with Gasteiger partial charge in [-0.05, 0) is 0 Å². The molecule has 0 amide bonds. The Morgan fingerprint density at radius 3 is 2.12 bits per heavy atom. The molecule has 0 heterocycles. The van der Waals surface area contributed by atoms with Crippen LogP contribution in [0.4, 0.5) is 0 Å². The van der Waals surface area contributed by atoms with E-state index in [1.807, 2.05) is 0 Å². The number of hydrogen-bond acceptors (Lipinski definition) is 0. The molecule has 40 heavy (non-hydrogen) atoms. The third-order valence-electron chi connectivity index (χ3n) is 10.7. The maximum absolute atomic E-state index is 5.43. The quantitative estimate of drug-likeness (QED) is 0.207. The topological polar surface area (TPSA) is 0 Å². The predicted molar refractivity (Wildman–Crippen MR) is 178 cm³/mol. The molecule has 4 aliphatic carbocycles. The standard InChI is InChI=1S/C23H21.C6H5.C5H5.C2H5.CH2.2ClH.Zr/c1-22(2)7-5-14-10-18-16(12-20(14)22)9-17-13-21-15(11-19(17)18)6-8-23(21,3)4;1-2-4-6-5-3-1;1-2-4-5-3-1;1-2;;;;/h5-7,10-13H,9H2,1-4H3;1-5H;1-3H,4H2;1H2,2H3;1H2;2*1H;. The molecule has 0 N–H and O–H groups in total. The Balaban J connectivity index is 0.00000161. The second kappa shape index (κ2) is 9.49. The molecule has 7 rings (SSSR count). The molecule has 0 saturated carbocycles. The molecule has 0 nitrogen and oxygen atoms in total. The first-order valence-electron chi connectivity index (χ1n) is 14.3. The summed E-state index contributed by atoms with van der Waals surface area (Å²) in [7, 11) is 0. The van der Waals surface area contributed by atoms with Crippen LogP contribution in [0.2, 0.25) is 4.13 Å². The molecule has 0 bridgehead atoms. The van der Waals surface area contributed by atoms with Crippen molar-refractivity contribution in [2.45, 2.75) is 62.4 Å². The van der Waals surface area contributed by atoms with Gasteiger partial charge in [0.2, 0.25) is 0 Å². The zero-order chi connectivity index (χ0) is 26.5. The van der Waals surface area contributed by atoms with E-state index in [0.717, 1.165) is 17.0 Å². The molecule has 0 atom stereocenters. The monoisotopic (exact) mass is 644 g/mol. The summed E-state index contributed by atoms with van der Waals surface area (Å²) >= 11 is -4.08. The summed E-state index contributed by atoms with van der Waals surface area (Å²) in [4.78, 5) is 0. The predicted octanol–water partition coefficient (Wildman–Crippen LogP) is 9.77. The van der Waals surface area contributed by atoms with Crippen molar-refractivity contribution in [3.8, 4) is 11.1 Å². The molecule has 206 valence electrons. The minimum absolute atomic E-state index is 0. The Kier molecular flexibility index (Phi) is 6.98. The van der Waals surface area contributed by atoms with E-state index in [4.69, 9.17) is 4.21 Å². The van der Waals surface area contributed by atoms with Gasteiger partial charge in [0.1, 0.15) is 0 Å². The number of hydrogen-bond donors (Lipinski definition) is 0. The third-order valence-corrected chi connectivity index (χ3v) is 28.6. The first kappa shape index (κ1) is 29.4. The van der Waals surface area contributed by atoms with Crippen LogP contribution in [0.3, 0.4) is 0 Å². The third kappa shape index (κ3) is 3.70. The number of halogens is 2. The molecule has 3 aromatic carbocycles. The number of fused-ring (bicyclic) bond motifs is 5. The van der Waals surface area contributed by atoms with Crippen LogP contribution in [0.15, 0.2) is 85.5 Å². The van der Waals surface area contributed by atoms with Gasteiger partial charge in [0.15, 0.2) is 0 Å². The molecule has 3 aromatic rings. The molecule has 0 fully saturated rings. The fraction of sp³-hybridized carbons (Fsp3) is 0.270. The summed E-state index contributed by atoms with van der Waals surface area (Å²) in [6, 6.07) is 21.4. The molecule has 0 saturated heterocycles. The molecule has 4 aliphatic rings. The van der Waals surface area contributed by atoms with E-state index >= 15 is 0 Å². The van der Waals surface area contributed by atoms with E-state index in [1.165, 1.54) is 47.8 Å². The van der Waals surface area contributed by atoms with Crippen molar-refractivity contribution < 1.29 is 18.3 Å². The zero-order valence-electron chi connectivity index (χ0n) is 24.3. The molecule has 0 spiro atoms. The van der Waals surface area contributed by atoms with Gasteiger partial charge < -0.3 is 0 Å². The van der Waals surface area contributed by atoms with Crippen LogP contribution in [-0.4, -0.2) is 4.21 Å². The van der Waals surface area contributed by atoms with E-state index in [2.05, 4.69) is 126 Å². The van der Waals surface area contributed by atoms with Gasteiger partial charge in [-0.15, -0.1) is 24.8 Å². The van der Waals surface area contributed by atoms with Crippen molar-refractivity contribution in [2.75, 3.05) is 0 Å². The molecule has 0 aromatic heterocycles. The van der Waals surface area contributed by atoms with Crippen molar-refractivity contribution in [1.29, 1.82) is 0 Å². The van der Waals surface area contributed by atoms with Crippen molar-refractivity contribution in [3.05, 3.63) is 119 Å². The number of allylic oxidation sites excluding steroid dienone is 6. The minimum atomic E-state index is -4.08. The first-order chi connectivity index (χ1) is 18.1. The van der Waals surface area contributed by atoms with Gasteiger partial charge in [-0.2, -0.15) is 0 Å². The molecule has 3 heteroatoms. The van der Waals surface area contributed by atoms with E-state index in [-0.39, 0.29) is 35.6 Å². The normalized spacial score (nSPS) is 18.6. The van der Waals surface area contributed by atoms with E-state index in [1.54, 1.807) is 6.56 Å². The molecular weight excluding hydrogens is 607 g/mol. The van der Waals surface area contributed by atoms with E-state index in [0.29, 0.717) is 0 Å². The molecule has 0 radical (unpaired) electrons. The Bertz CT molecular complexity index is 1740. The van der Waals surface area contributed by atoms with Gasteiger partial charge in [-0.3, -0.25) is 0 Å². The van der Waals surface area contributed by atoms with Crippen molar-refractivity contribution in [1.82, 2.24) is 0 Å². The Labute approximate surface area is 253 Å². The molecule has 0 unspecified atom stereocenters. The summed E-state index contributed by atoms with van der Waals surface area (Å²) in [6.45, 7) is 12.0. The van der Waals surface area contributed by atoms with Crippen molar-refractivity contribution in [2.24, 2.45) is 0 Å². The van der Waals surface area contributed by atoms with Crippen LogP contribution in [0.5, 0.6) is 0 Å². The van der Waals surface area contributed by atoms with Gasteiger partial charge in [-0.25, -0.2) is 0 Å². The molecular formula is C37H40Cl2Zr. The summed E-state index contributed by atoms with van der Waals surface area (Å²) < 4.78 is 11.3. The van der Waals surface area contributed by atoms with Gasteiger partial charge in [-0.1, -0.05) is 0 Å². The van der Waals surface area contributed by atoms with Gasteiger partial charge >= 0.3 is 230 Å². The second-order valence-corrected chi connectivity index (χ2v) is 27.7. The van der Waals surface area contributed by atoms with Crippen LogP contribution >= 0.6 is 24.8 Å². The van der Waals surface area contributed by atoms with Crippen molar-refractivity contribution in [3.63, 3.8) is 0 Å².